The van der Waals surface area contributed by atoms with Crippen molar-refractivity contribution in [1.82, 2.24) is 0 Å². The van der Waals surface area contributed by atoms with Gasteiger partial charge in [-0.25, -0.2) is 0 Å². The average molecular weight is 206 g/mol. The maximum atomic E-state index is 8.40. The normalized spacial score (nSPS) is 19.9. The number of hydrogen-bond donors (Lipinski definition) is 1. The van der Waals surface area contributed by atoms with Gasteiger partial charge in [-0.15, -0.1) is 0 Å². The molecule has 1 atom stereocenters. The van der Waals surface area contributed by atoms with E-state index < -0.39 is 0 Å². The second kappa shape index (κ2) is 8.14. The highest BCUT2D eigenvalue weighted by atomic mass is 16.6. The minimum absolute atomic E-state index is 0.0600. The van der Waals surface area contributed by atoms with Crippen molar-refractivity contribution in [3.8, 4) is 0 Å². The second-order valence-electron chi connectivity index (χ2n) is 2.98. The molecule has 0 aromatic heterocycles. The highest BCUT2D eigenvalue weighted by molar-refractivity contribution is 4.66. The van der Waals surface area contributed by atoms with E-state index in [1.807, 2.05) is 0 Å². The number of rotatable bonds is 10. The Morgan fingerprint density at radius 3 is 2.14 bits per heavy atom. The fourth-order valence-corrected chi connectivity index (χ4v) is 0.883. The number of ether oxygens (including phenoxy) is 4. The highest BCUT2D eigenvalue weighted by Crippen LogP contribution is 2.07. The third kappa shape index (κ3) is 7.23. The minimum atomic E-state index is 0.0600. The Labute approximate surface area is 83.9 Å². The first kappa shape index (κ1) is 11.9. The van der Waals surface area contributed by atoms with E-state index in [0.29, 0.717) is 45.7 Å². The first-order valence-corrected chi connectivity index (χ1v) is 4.89. The van der Waals surface area contributed by atoms with E-state index >= 15 is 0 Å². The summed E-state index contributed by atoms with van der Waals surface area (Å²) in [5.74, 6) is 0. The third-order valence-electron chi connectivity index (χ3n) is 1.69. The number of hydrogen-bond acceptors (Lipinski definition) is 5. The van der Waals surface area contributed by atoms with Crippen LogP contribution >= 0.6 is 0 Å². The number of aliphatic hydroxyl groups is 1. The van der Waals surface area contributed by atoms with Crippen molar-refractivity contribution in [2.45, 2.75) is 6.10 Å². The van der Waals surface area contributed by atoms with Gasteiger partial charge < -0.3 is 24.1 Å². The maximum Gasteiger partial charge on any atom is 0.104 e. The Balaban J connectivity index is 1.63. The van der Waals surface area contributed by atoms with Crippen LogP contribution in [0, 0.1) is 0 Å². The van der Waals surface area contributed by atoms with Crippen molar-refractivity contribution in [2.24, 2.45) is 0 Å². The minimum Gasteiger partial charge on any atom is -0.394 e. The van der Waals surface area contributed by atoms with E-state index in [9.17, 15) is 0 Å². The molecule has 0 aliphatic carbocycles. The average Bonchev–Trinajstić information content (AvgIpc) is 2.99. The Hall–Kier alpha value is -0.200. The lowest BCUT2D eigenvalue weighted by molar-refractivity contribution is 0.00559. The Kier molecular flexibility index (Phi) is 6.90. The molecule has 1 aliphatic rings. The fourth-order valence-electron chi connectivity index (χ4n) is 0.883. The standard InChI is InChI=1S/C9H18O5/c10-1-2-11-3-4-12-5-6-13-7-9-8-14-9/h9-10H,1-8H2. The zero-order valence-corrected chi connectivity index (χ0v) is 8.31. The molecule has 1 unspecified atom stereocenters. The highest BCUT2D eigenvalue weighted by Gasteiger charge is 2.21. The largest absolute Gasteiger partial charge is 0.394 e. The summed E-state index contributed by atoms with van der Waals surface area (Å²) in [7, 11) is 0. The summed E-state index contributed by atoms with van der Waals surface area (Å²) in [6.45, 7) is 4.17. The van der Waals surface area contributed by atoms with Crippen LogP contribution < -0.4 is 0 Å². The summed E-state index contributed by atoms with van der Waals surface area (Å²) in [6.07, 6.45) is 0.322. The van der Waals surface area contributed by atoms with E-state index in [-0.39, 0.29) is 6.61 Å². The molecule has 0 amide bonds. The molecule has 5 nitrogen and oxygen atoms in total. The maximum absolute atomic E-state index is 8.40. The summed E-state index contributed by atoms with van der Waals surface area (Å²) < 4.78 is 20.4. The van der Waals surface area contributed by atoms with Gasteiger partial charge in [0.2, 0.25) is 0 Å². The van der Waals surface area contributed by atoms with Crippen molar-refractivity contribution in [1.29, 1.82) is 0 Å². The summed E-state index contributed by atoms with van der Waals surface area (Å²) in [6, 6.07) is 0. The molecular formula is C9H18O5. The Bertz CT molecular complexity index is 126. The lowest BCUT2D eigenvalue weighted by Gasteiger charge is -2.04. The van der Waals surface area contributed by atoms with Crippen LogP contribution in [0.4, 0.5) is 0 Å². The van der Waals surface area contributed by atoms with Crippen molar-refractivity contribution < 1.29 is 24.1 Å². The molecule has 0 radical (unpaired) electrons. The van der Waals surface area contributed by atoms with Crippen LogP contribution in [-0.4, -0.2) is 64.1 Å². The molecule has 0 spiro atoms. The zero-order valence-electron chi connectivity index (χ0n) is 8.31. The van der Waals surface area contributed by atoms with Crippen LogP contribution in [0.5, 0.6) is 0 Å². The van der Waals surface area contributed by atoms with Gasteiger partial charge in [-0.3, -0.25) is 0 Å². The smallest absolute Gasteiger partial charge is 0.104 e. The van der Waals surface area contributed by atoms with E-state index in [4.69, 9.17) is 24.1 Å². The van der Waals surface area contributed by atoms with E-state index in [2.05, 4.69) is 0 Å². The van der Waals surface area contributed by atoms with E-state index in [0.717, 1.165) is 6.61 Å². The first-order valence-electron chi connectivity index (χ1n) is 4.89. The van der Waals surface area contributed by atoms with Crippen LogP contribution in [0.1, 0.15) is 0 Å². The quantitative estimate of drug-likeness (QED) is 0.383. The molecule has 1 rings (SSSR count). The molecule has 1 heterocycles. The lowest BCUT2D eigenvalue weighted by Crippen LogP contribution is -2.12. The SMILES string of the molecule is OCCOCCOCCOCC1CO1. The van der Waals surface area contributed by atoms with Gasteiger partial charge >= 0.3 is 0 Å². The molecular weight excluding hydrogens is 188 g/mol. The van der Waals surface area contributed by atoms with Crippen molar-refractivity contribution in [2.75, 3.05) is 52.9 Å². The van der Waals surface area contributed by atoms with Crippen molar-refractivity contribution in [3.05, 3.63) is 0 Å². The first-order chi connectivity index (χ1) is 6.93. The zero-order chi connectivity index (χ0) is 10.1. The van der Waals surface area contributed by atoms with E-state index in [1.54, 1.807) is 0 Å². The van der Waals surface area contributed by atoms with Crippen LogP contribution in [-0.2, 0) is 18.9 Å². The predicted molar refractivity (Wildman–Crippen MR) is 49.3 cm³/mol. The molecule has 0 aromatic carbocycles. The van der Waals surface area contributed by atoms with Crippen LogP contribution in [0.15, 0.2) is 0 Å². The van der Waals surface area contributed by atoms with Crippen LogP contribution in [0.25, 0.3) is 0 Å². The van der Waals surface area contributed by atoms with Gasteiger partial charge in [0.15, 0.2) is 0 Å². The third-order valence-corrected chi connectivity index (χ3v) is 1.69. The number of epoxide rings is 1. The lowest BCUT2D eigenvalue weighted by atomic mass is 10.5. The molecule has 14 heavy (non-hydrogen) atoms. The monoisotopic (exact) mass is 206 g/mol. The number of aliphatic hydroxyl groups excluding tert-OH is 1. The van der Waals surface area contributed by atoms with Crippen molar-refractivity contribution in [3.63, 3.8) is 0 Å². The van der Waals surface area contributed by atoms with Gasteiger partial charge in [0, 0.05) is 0 Å². The molecule has 1 aliphatic heterocycles. The van der Waals surface area contributed by atoms with Gasteiger partial charge in [-0.2, -0.15) is 0 Å². The summed E-state index contributed by atoms with van der Waals surface area (Å²) in [5, 5.41) is 8.40. The van der Waals surface area contributed by atoms with Gasteiger partial charge in [0.25, 0.3) is 0 Å². The Morgan fingerprint density at radius 2 is 1.57 bits per heavy atom. The summed E-state index contributed by atoms with van der Waals surface area (Å²) in [5.41, 5.74) is 0. The molecule has 1 saturated heterocycles. The van der Waals surface area contributed by atoms with Gasteiger partial charge in [-0.1, -0.05) is 0 Å². The van der Waals surface area contributed by atoms with Crippen LogP contribution in [0.3, 0.4) is 0 Å². The van der Waals surface area contributed by atoms with Gasteiger partial charge in [-0.05, 0) is 0 Å². The fraction of sp³-hybridized carbons (Fsp3) is 1.00. The summed E-state index contributed by atoms with van der Waals surface area (Å²) in [4.78, 5) is 0. The molecule has 84 valence electrons. The second-order valence-corrected chi connectivity index (χ2v) is 2.98. The van der Waals surface area contributed by atoms with Crippen LogP contribution in [0.2, 0.25) is 0 Å². The molecule has 0 bridgehead atoms. The van der Waals surface area contributed by atoms with E-state index in [1.165, 1.54) is 0 Å². The van der Waals surface area contributed by atoms with Crippen molar-refractivity contribution >= 4 is 0 Å². The topological polar surface area (TPSA) is 60.5 Å². The molecule has 0 saturated carbocycles. The summed E-state index contributed by atoms with van der Waals surface area (Å²) >= 11 is 0. The molecule has 5 heteroatoms. The van der Waals surface area contributed by atoms with Gasteiger partial charge in [0.05, 0.1) is 52.9 Å². The predicted octanol–water partition coefficient (Wildman–Crippen LogP) is -0.573. The molecule has 1 fully saturated rings. The molecule has 1 N–H and O–H groups in total. The Morgan fingerprint density at radius 1 is 1.00 bits per heavy atom. The van der Waals surface area contributed by atoms with Gasteiger partial charge in [0.1, 0.15) is 6.10 Å². The molecule has 0 aromatic rings.